The Bertz CT molecular complexity index is 1710. The lowest BCUT2D eigenvalue weighted by atomic mass is 9.81. The predicted molar refractivity (Wildman–Crippen MR) is 178 cm³/mol. The third-order valence-electron chi connectivity index (χ3n) is 7.44. The van der Waals surface area contributed by atoms with Crippen molar-refractivity contribution in [2.24, 2.45) is 10.1 Å². The van der Waals surface area contributed by atoms with Crippen LogP contribution in [0.5, 0.6) is 5.75 Å². The van der Waals surface area contributed by atoms with Gasteiger partial charge in [0.25, 0.3) is 5.91 Å². The fraction of sp³-hybridized carbons (Fsp3) is 0.235. The van der Waals surface area contributed by atoms with Crippen LogP contribution in [0.2, 0.25) is 5.02 Å². The van der Waals surface area contributed by atoms with Gasteiger partial charge in [-0.1, -0.05) is 87.2 Å². The zero-order chi connectivity index (χ0) is 31.6. The van der Waals surface area contributed by atoms with Crippen LogP contribution >= 0.6 is 27.5 Å². The summed E-state index contributed by atoms with van der Waals surface area (Å²) in [5.74, 6) is 0.603. The van der Waals surface area contributed by atoms with E-state index >= 15 is 0 Å². The van der Waals surface area contributed by atoms with Crippen LogP contribution in [0.4, 0.5) is 5.69 Å². The number of aliphatic hydroxyl groups is 1. The molecule has 0 spiro atoms. The molecule has 1 aliphatic rings. The second-order valence-corrected chi connectivity index (χ2v) is 11.8. The van der Waals surface area contributed by atoms with Gasteiger partial charge in [-0.05, 0) is 71.1 Å². The van der Waals surface area contributed by atoms with Gasteiger partial charge in [-0.3, -0.25) is 4.79 Å². The number of carbonyl (C=O) groups is 1. The van der Waals surface area contributed by atoms with Crippen LogP contribution in [0.25, 0.3) is 10.4 Å². The number of aliphatic hydroxyl groups excluding tert-OH is 1. The molecule has 230 valence electrons. The fourth-order valence-electron chi connectivity index (χ4n) is 5.18. The maximum Gasteiger partial charge on any atom is 0.252 e. The molecule has 0 saturated heterocycles. The molecule has 0 fully saturated rings. The van der Waals surface area contributed by atoms with E-state index in [0.29, 0.717) is 59.5 Å². The van der Waals surface area contributed by atoms with E-state index in [1.54, 1.807) is 24.3 Å². The molecule has 1 aliphatic heterocycles. The number of hydrogen-bond acceptors (Lipinski definition) is 6. The van der Waals surface area contributed by atoms with Gasteiger partial charge in [-0.25, -0.2) is 4.99 Å². The fourth-order valence-corrected chi connectivity index (χ4v) is 5.68. The van der Waals surface area contributed by atoms with Crippen LogP contribution < -0.4 is 10.1 Å². The molecule has 0 unspecified atom stereocenters. The lowest BCUT2D eigenvalue weighted by Gasteiger charge is -2.31. The van der Waals surface area contributed by atoms with E-state index in [9.17, 15) is 10.3 Å². The van der Waals surface area contributed by atoms with E-state index < -0.39 is 11.6 Å². The Morgan fingerprint density at radius 2 is 1.76 bits per heavy atom. The molecule has 45 heavy (non-hydrogen) atoms. The number of nitrogens with zero attached hydrogens (tertiary/aromatic N) is 4. The maximum absolute atomic E-state index is 14.5. The van der Waals surface area contributed by atoms with E-state index in [1.165, 1.54) is 0 Å². The molecule has 11 heteroatoms. The summed E-state index contributed by atoms with van der Waals surface area (Å²) in [4.78, 5) is 22.5. The number of ether oxygens (including phenoxy) is 2. The number of benzene rings is 4. The molecule has 1 amide bonds. The van der Waals surface area contributed by atoms with Gasteiger partial charge in [0.05, 0.1) is 6.61 Å². The zero-order valence-electron chi connectivity index (χ0n) is 24.3. The quantitative estimate of drug-likeness (QED) is 0.0647. The number of nitrogens with one attached hydrogen (secondary N) is 1. The second-order valence-electron chi connectivity index (χ2n) is 10.4. The Balaban J connectivity index is 1.56. The molecule has 2 atom stereocenters. The lowest BCUT2D eigenvalue weighted by Crippen LogP contribution is -2.50. The lowest BCUT2D eigenvalue weighted by molar-refractivity contribution is -0.128. The SMILES string of the molecule is [N-]=[N+]=Nc1ccccc1C[C@@]1(C(=O)NCCc2ccccc2Cl)N=C(c2ccc(OCCCO)cc2)O[C@@H]1c1ccc(Br)cc1. The highest BCUT2D eigenvalue weighted by Gasteiger charge is 2.53. The Labute approximate surface area is 274 Å². The first kappa shape index (κ1) is 32.1. The van der Waals surface area contributed by atoms with Gasteiger partial charge in [0.2, 0.25) is 5.90 Å². The van der Waals surface area contributed by atoms with Gasteiger partial charge in [0, 0.05) is 51.7 Å². The third-order valence-corrected chi connectivity index (χ3v) is 8.34. The molecule has 2 N–H and O–H groups in total. The van der Waals surface area contributed by atoms with Crippen LogP contribution in [0.1, 0.15) is 34.8 Å². The minimum atomic E-state index is -1.46. The van der Waals surface area contributed by atoms with Crippen molar-refractivity contribution in [2.45, 2.75) is 30.9 Å². The van der Waals surface area contributed by atoms with Crippen molar-refractivity contribution in [3.05, 3.63) is 139 Å². The van der Waals surface area contributed by atoms with Gasteiger partial charge in [0.15, 0.2) is 11.6 Å². The molecule has 5 rings (SSSR count). The Morgan fingerprint density at radius 1 is 1.04 bits per heavy atom. The van der Waals surface area contributed by atoms with Gasteiger partial charge in [-0.15, -0.1) is 0 Å². The van der Waals surface area contributed by atoms with Crippen molar-refractivity contribution < 1.29 is 19.4 Å². The van der Waals surface area contributed by atoms with Crippen molar-refractivity contribution in [1.29, 1.82) is 0 Å². The molecular formula is C34H31BrClN5O4. The smallest absolute Gasteiger partial charge is 0.252 e. The average Bonchev–Trinajstić information content (AvgIpc) is 3.44. The highest BCUT2D eigenvalue weighted by Crippen LogP contribution is 2.44. The van der Waals surface area contributed by atoms with Crippen LogP contribution in [0.15, 0.2) is 112 Å². The average molecular weight is 689 g/mol. The third kappa shape index (κ3) is 7.67. The molecule has 9 nitrogen and oxygen atoms in total. The van der Waals surface area contributed by atoms with Gasteiger partial charge in [-0.2, -0.15) is 0 Å². The minimum absolute atomic E-state index is 0.0471. The summed E-state index contributed by atoms with van der Waals surface area (Å²) < 4.78 is 13.2. The van der Waals surface area contributed by atoms with Gasteiger partial charge in [0.1, 0.15) is 5.75 Å². The Morgan fingerprint density at radius 3 is 2.47 bits per heavy atom. The number of amides is 1. The van der Waals surface area contributed by atoms with E-state index in [-0.39, 0.29) is 18.9 Å². The first-order valence-corrected chi connectivity index (χ1v) is 15.6. The van der Waals surface area contributed by atoms with Gasteiger partial charge < -0.3 is 19.9 Å². The van der Waals surface area contributed by atoms with Crippen LogP contribution in [0, 0.1) is 0 Å². The van der Waals surface area contributed by atoms with Gasteiger partial charge >= 0.3 is 0 Å². The molecule has 0 radical (unpaired) electrons. The molecule has 1 heterocycles. The monoisotopic (exact) mass is 687 g/mol. The molecule has 0 aromatic heterocycles. The number of carbonyl (C=O) groups excluding carboxylic acids is 1. The highest BCUT2D eigenvalue weighted by molar-refractivity contribution is 9.10. The minimum Gasteiger partial charge on any atom is -0.494 e. The van der Waals surface area contributed by atoms with Crippen molar-refractivity contribution in [1.82, 2.24) is 5.32 Å². The van der Waals surface area contributed by atoms with Crippen LogP contribution in [0.3, 0.4) is 0 Å². The summed E-state index contributed by atoms with van der Waals surface area (Å²) in [5.41, 5.74) is 11.2. The summed E-state index contributed by atoms with van der Waals surface area (Å²) in [6.45, 7) is 0.757. The van der Waals surface area contributed by atoms with E-state index in [0.717, 1.165) is 15.6 Å². The van der Waals surface area contributed by atoms with Crippen molar-refractivity contribution in [3.63, 3.8) is 0 Å². The molecule has 4 aromatic carbocycles. The summed E-state index contributed by atoms with van der Waals surface area (Å²) in [7, 11) is 0. The predicted octanol–water partition coefficient (Wildman–Crippen LogP) is 7.66. The summed E-state index contributed by atoms with van der Waals surface area (Å²) in [5, 5.41) is 16.7. The molecule has 0 saturated carbocycles. The molecular weight excluding hydrogens is 658 g/mol. The summed E-state index contributed by atoms with van der Waals surface area (Å²) in [6, 6.07) is 29.5. The van der Waals surface area contributed by atoms with E-state index in [4.69, 9.17) is 31.2 Å². The number of hydrogen-bond donors (Lipinski definition) is 2. The maximum atomic E-state index is 14.5. The van der Waals surface area contributed by atoms with E-state index in [1.807, 2.05) is 72.8 Å². The molecule has 0 aliphatic carbocycles. The Hall–Kier alpha value is -4.34. The topological polar surface area (TPSA) is 129 Å². The first-order valence-electron chi connectivity index (χ1n) is 14.4. The Kier molecular flexibility index (Phi) is 10.8. The number of azide groups is 1. The zero-order valence-corrected chi connectivity index (χ0v) is 26.6. The number of aliphatic imine (C=N–C) groups is 1. The second kappa shape index (κ2) is 15.1. The standard InChI is InChI=1S/C34H31BrClN5O4/c35-27-14-10-24(11-15-27)31-34(22-26-7-2-4-9-30(26)40-41-37,33(43)38-19-18-23-6-1-3-8-29(23)36)39-32(45-31)25-12-16-28(17-13-25)44-21-5-20-42/h1-4,6-17,31,42H,5,18-22H2,(H,38,43)/t31-,34-/m1/s1. The number of rotatable bonds is 13. The molecule has 0 bridgehead atoms. The van der Waals surface area contributed by atoms with Crippen molar-refractivity contribution in [2.75, 3.05) is 19.8 Å². The van der Waals surface area contributed by atoms with Crippen molar-refractivity contribution in [3.8, 4) is 5.75 Å². The summed E-state index contributed by atoms with van der Waals surface area (Å²) >= 11 is 9.88. The van der Waals surface area contributed by atoms with E-state index in [2.05, 4.69) is 31.3 Å². The van der Waals surface area contributed by atoms with Crippen LogP contribution in [-0.2, 0) is 22.4 Å². The van der Waals surface area contributed by atoms with Crippen molar-refractivity contribution >= 4 is 45.0 Å². The van der Waals surface area contributed by atoms with Crippen LogP contribution in [-0.4, -0.2) is 42.2 Å². The number of halogens is 2. The summed E-state index contributed by atoms with van der Waals surface area (Å²) in [6.07, 6.45) is 0.347. The first-order chi connectivity index (χ1) is 21.9. The molecule has 4 aromatic rings. The highest BCUT2D eigenvalue weighted by atomic mass is 79.9. The normalized spacial score (nSPS) is 17.1. The largest absolute Gasteiger partial charge is 0.494 e.